The number of fused-ring (bicyclic) bond motifs is 2. The molecule has 1 amide bonds. The largest absolute Gasteiger partial charge is 0.433 e. The van der Waals surface area contributed by atoms with Gasteiger partial charge in [-0.3, -0.25) is 9.48 Å². The molecule has 3 heterocycles. The molecular weight excluding hydrogens is 548 g/mol. The number of anilines is 1. The Morgan fingerprint density at radius 2 is 1.77 bits per heavy atom. The topological polar surface area (TPSA) is 77.1 Å². The molecule has 3 aromatic heterocycles. The Bertz CT molecular complexity index is 1910. The molecule has 0 aliphatic heterocycles. The quantitative estimate of drug-likeness (QED) is 0.232. The second-order valence-corrected chi connectivity index (χ2v) is 9.36. The molecule has 0 radical (unpaired) electrons. The summed E-state index contributed by atoms with van der Waals surface area (Å²) >= 11 is 6.25. The van der Waals surface area contributed by atoms with Gasteiger partial charge in [0.1, 0.15) is 16.4 Å². The lowest BCUT2D eigenvalue weighted by atomic mass is 10.0. The summed E-state index contributed by atoms with van der Waals surface area (Å²) in [6.07, 6.45) is -2.33. The summed E-state index contributed by atoms with van der Waals surface area (Å²) in [6.45, 7) is 0.176. The maximum Gasteiger partial charge on any atom is 0.433 e. The van der Waals surface area contributed by atoms with Gasteiger partial charge in [-0.25, -0.2) is 13.9 Å². The fourth-order valence-electron chi connectivity index (χ4n) is 4.47. The van der Waals surface area contributed by atoms with Gasteiger partial charge in [0.2, 0.25) is 0 Å². The third kappa shape index (κ3) is 4.75. The Morgan fingerprint density at radius 3 is 2.58 bits per heavy atom. The van der Waals surface area contributed by atoms with Crippen molar-refractivity contribution in [3.05, 3.63) is 113 Å². The number of nitrogens with one attached hydrogen (secondary N) is 1. The second kappa shape index (κ2) is 9.76. The number of nitrogens with zero attached hydrogens (tertiary/aromatic N) is 5. The zero-order valence-corrected chi connectivity index (χ0v) is 21.1. The molecule has 3 aromatic carbocycles. The lowest BCUT2D eigenvalue weighted by Crippen LogP contribution is -2.16. The van der Waals surface area contributed by atoms with Crippen molar-refractivity contribution in [3.63, 3.8) is 0 Å². The van der Waals surface area contributed by atoms with E-state index in [4.69, 9.17) is 11.6 Å². The smallest absolute Gasteiger partial charge is 0.304 e. The SMILES string of the molecule is O=C(Nc1nn(Cc2cccc(F)c2)cc1Cl)c1cnn2c(C(F)(F)F)cc(-c3cccc4ccccc34)nc12. The summed E-state index contributed by atoms with van der Waals surface area (Å²) in [5.41, 5.74) is -0.461. The number of alkyl halides is 3. The zero-order valence-electron chi connectivity index (χ0n) is 20.3. The van der Waals surface area contributed by atoms with Crippen LogP contribution in [0.5, 0.6) is 0 Å². The number of amides is 1. The van der Waals surface area contributed by atoms with Gasteiger partial charge in [-0.15, -0.1) is 0 Å². The van der Waals surface area contributed by atoms with Gasteiger partial charge in [0.15, 0.2) is 17.2 Å². The number of carbonyl (C=O) groups is 1. The molecule has 0 bridgehead atoms. The van der Waals surface area contributed by atoms with Gasteiger partial charge in [-0.05, 0) is 34.5 Å². The van der Waals surface area contributed by atoms with Crippen LogP contribution in [0.1, 0.15) is 21.6 Å². The van der Waals surface area contributed by atoms with Crippen molar-refractivity contribution >= 4 is 39.7 Å². The van der Waals surface area contributed by atoms with Gasteiger partial charge in [0.25, 0.3) is 5.91 Å². The van der Waals surface area contributed by atoms with Crippen molar-refractivity contribution in [3.8, 4) is 11.3 Å². The molecule has 0 saturated carbocycles. The summed E-state index contributed by atoms with van der Waals surface area (Å²) in [5.74, 6) is -1.24. The van der Waals surface area contributed by atoms with Crippen molar-refractivity contribution in [2.45, 2.75) is 12.7 Å². The van der Waals surface area contributed by atoms with Crippen molar-refractivity contribution in [1.82, 2.24) is 24.4 Å². The predicted molar refractivity (Wildman–Crippen MR) is 142 cm³/mol. The van der Waals surface area contributed by atoms with E-state index in [1.165, 1.54) is 23.0 Å². The summed E-state index contributed by atoms with van der Waals surface area (Å²) < 4.78 is 57.8. The molecule has 0 aliphatic carbocycles. The first kappa shape index (κ1) is 25.5. The lowest BCUT2D eigenvalue weighted by molar-refractivity contribution is -0.142. The van der Waals surface area contributed by atoms with E-state index in [1.54, 1.807) is 36.4 Å². The Balaban J connectivity index is 1.39. The lowest BCUT2D eigenvalue weighted by Gasteiger charge is -2.13. The zero-order chi connectivity index (χ0) is 28.0. The van der Waals surface area contributed by atoms with Crippen LogP contribution in [0.25, 0.3) is 27.7 Å². The monoisotopic (exact) mass is 564 g/mol. The molecule has 12 heteroatoms. The number of halogens is 5. The fraction of sp³-hybridized carbons (Fsp3) is 0.0714. The van der Waals surface area contributed by atoms with E-state index in [0.717, 1.165) is 17.6 Å². The summed E-state index contributed by atoms with van der Waals surface area (Å²) in [7, 11) is 0. The normalized spacial score (nSPS) is 11.8. The van der Waals surface area contributed by atoms with Crippen LogP contribution in [0, 0.1) is 5.82 Å². The third-order valence-corrected chi connectivity index (χ3v) is 6.53. The molecule has 6 rings (SSSR count). The van der Waals surface area contributed by atoms with E-state index in [0.29, 0.717) is 21.0 Å². The third-order valence-electron chi connectivity index (χ3n) is 6.26. The number of carbonyl (C=O) groups excluding carboxylic acids is 1. The minimum Gasteiger partial charge on any atom is -0.304 e. The maximum absolute atomic E-state index is 14.1. The molecule has 6 aromatic rings. The van der Waals surface area contributed by atoms with Gasteiger partial charge in [-0.2, -0.15) is 23.4 Å². The van der Waals surface area contributed by atoms with Gasteiger partial charge in [0, 0.05) is 11.8 Å². The summed E-state index contributed by atoms with van der Waals surface area (Å²) in [5, 5.41) is 12.2. The minimum atomic E-state index is -4.78. The molecular formula is C28H17ClF4N6O. The van der Waals surface area contributed by atoms with E-state index in [-0.39, 0.29) is 34.3 Å². The van der Waals surface area contributed by atoms with Crippen LogP contribution >= 0.6 is 11.6 Å². The second-order valence-electron chi connectivity index (χ2n) is 8.95. The van der Waals surface area contributed by atoms with Crippen LogP contribution in [-0.4, -0.2) is 30.3 Å². The van der Waals surface area contributed by atoms with E-state index in [9.17, 15) is 22.4 Å². The maximum atomic E-state index is 14.1. The minimum absolute atomic E-state index is 0.0244. The highest BCUT2D eigenvalue weighted by Gasteiger charge is 2.36. The van der Waals surface area contributed by atoms with Crippen LogP contribution in [0.15, 0.2) is 85.2 Å². The van der Waals surface area contributed by atoms with Crippen LogP contribution in [0.3, 0.4) is 0 Å². The first-order valence-corrected chi connectivity index (χ1v) is 12.3. The Labute approximate surface area is 228 Å². The van der Waals surface area contributed by atoms with Crippen molar-refractivity contribution in [2.75, 3.05) is 5.32 Å². The Morgan fingerprint density at radius 1 is 1.00 bits per heavy atom. The van der Waals surface area contributed by atoms with E-state index < -0.39 is 23.6 Å². The molecule has 1 N–H and O–H groups in total. The van der Waals surface area contributed by atoms with Crippen molar-refractivity contribution < 1.29 is 22.4 Å². The summed E-state index contributed by atoms with van der Waals surface area (Å²) in [4.78, 5) is 17.7. The number of hydrogen-bond acceptors (Lipinski definition) is 4. The standard InChI is InChI=1S/C28H17ClF4N6O/c29-22-15-38(14-16-5-3-8-18(30)11-16)37-25(22)36-27(40)21-13-34-39-24(28(31,32)33)12-23(35-26(21)39)20-10-4-7-17-6-1-2-9-19(17)20/h1-13,15H,14H2,(H,36,37,40). The molecule has 7 nitrogen and oxygen atoms in total. The van der Waals surface area contributed by atoms with E-state index in [2.05, 4.69) is 20.5 Å². The highest BCUT2D eigenvalue weighted by Crippen LogP contribution is 2.35. The van der Waals surface area contributed by atoms with Gasteiger partial charge in [-0.1, -0.05) is 66.2 Å². The first-order valence-electron chi connectivity index (χ1n) is 11.9. The molecule has 0 aliphatic rings. The average Bonchev–Trinajstić information content (AvgIpc) is 3.50. The van der Waals surface area contributed by atoms with Crippen LogP contribution in [0.4, 0.5) is 23.4 Å². The first-order chi connectivity index (χ1) is 19.2. The Hall–Kier alpha value is -4.77. The number of rotatable bonds is 5. The van der Waals surface area contributed by atoms with Gasteiger partial charge in [0.05, 0.1) is 18.4 Å². The molecule has 0 atom stereocenters. The van der Waals surface area contributed by atoms with Crippen molar-refractivity contribution in [1.29, 1.82) is 0 Å². The molecule has 0 saturated heterocycles. The van der Waals surface area contributed by atoms with Gasteiger partial charge < -0.3 is 5.32 Å². The van der Waals surface area contributed by atoms with Crippen molar-refractivity contribution in [2.24, 2.45) is 0 Å². The van der Waals surface area contributed by atoms with Crippen LogP contribution in [-0.2, 0) is 12.7 Å². The van der Waals surface area contributed by atoms with Crippen LogP contribution < -0.4 is 5.32 Å². The highest BCUT2D eigenvalue weighted by molar-refractivity contribution is 6.33. The molecule has 0 fully saturated rings. The highest BCUT2D eigenvalue weighted by atomic mass is 35.5. The van der Waals surface area contributed by atoms with Crippen LogP contribution in [0.2, 0.25) is 5.02 Å². The number of aromatic nitrogens is 5. The number of benzene rings is 3. The fourth-order valence-corrected chi connectivity index (χ4v) is 4.67. The Kier molecular flexibility index (Phi) is 6.22. The average molecular weight is 565 g/mol. The molecule has 0 unspecified atom stereocenters. The molecule has 0 spiro atoms. The van der Waals surface area contributed by atoms with E-state index >= 15 is 0 Å². The number of hydrogen-bond donors (Lipinski definition) is 1. The van der Waals surface area contributed by atoms with Gasteiger partial charge >= 0.3 is 6.18 Å². The van der Waals surface area contributed by atoms with E-state index in [1.807, 2.05) is 18.2 Å². The molecule has 200 valence electrons. The summed E-state index contributed by atoms with van der Waals surface area (Å²) in [6, 6.07) is 19.3. The predicted octanol–water partition coefficient (Wildman–Crippen LogP) is 6.86. The molecule has 40 heavy (non-hydrogen) atoms.